The van der Waals surface area contributed by atoms with Crippen molar-refractivity contribution in [3.63, 3.8) is 0 Å². The molecule has 0 radical (unpaired) electrons. The molecule has 0 aromatic heterocycles. The number of carbonyl (C=O) groups excluding carboxylic acids is 1. The fraction of sp³-hybridized carbons (Fsp3) is 0.438. The van der Waals surface area contributed by atoms with Gasteiger partial charge >= 0.3 is 12.3 Å². The van der Waals surface area contributed by atoms with Crippen LogP contribution in [0.5, 0.6) is 5.75 Å². The van der Waals surface area contributed by atoms with Crippen molar-refractivity contribution in [2.24, 2.45) is 17.3 Å². The summed E-state index contributed by atoms with van der Waals surface area (Å²) in [5.74, 6) is -3.76. The van der Waals surface area contributed by atoms with Crippen molar-refractivity contribution in [3.05, 3.63) is 39.1 Å². The van der Waals surface area contributed by atoms with Crippen molar-refractivity contribution in [1.29, 1.82) is 0 Å². The number of ether oxygens (including phenoxy) is 2. The second kappa shape index (κ2) is 7.44. The SMILES string of the molecule is CC1(C)C(C=C(Cl)Cl)C1C(=O)OCc1cc(Cl)c(F)c(OC(F)(F)F)c1. The molecule has 26 heavy (non-hydrogen) atoms. The minimum absolute atomic E-state index is 0.0256. The molecule has 1 aromatic carbocycles. The van der Waals surface area contributed by atoms with Gasteiger partial charge in [0.1, 0.15) is 11.1 Å². The molecule has 1 saturated carbocycles. The summed E-state index contributed by atoms with van der Waals surface area (Å²) in [5.41, 5.74) is -0.373. The standard InChI is InChI=1S/C16H13Cl3F4O3/c1-15(2)8(5-11(18)19)12(15)14(24)25-6-7-3-9(17)13(20)10(4-7)26-16(21,22)23/h3-5,8,12H,6H2,1-2H3. The van der Waals surface area contributed by atoms with Crippen molar-refractivity contribution in [1.82, 2.24) is 0 Å². The summed E-state index contributed by atoms with van der Waals surface area (Å²) in [6.45, 7) is 3.24. The van der Waals surface area contributed by atoms with E-state index in [0.717, 1.165) is 12.1 Å². The predicted molar refractivity (Wildman–Crippen MR) is 88.4 cm³/mol. The monoisotopic (exact) mass is 434 g/mol. The van der Waals surface area contributed by atoms with Crippen molar-refractivity contribution in [2.75, 3.05) is 0 Å². The molecule has 1 fully saturated rings. The van der Waals surface area contributed by atoms with Crippen molar-refractivity contribution >= 4 is 40.8 Å². The van der Waals surface area contributed by atoms with Crippen LogP contribution >= 0.6 is 34.8 Å². The number of benzene rings is 1. The summed E-state index contributed by atoms with van der Waals surface area (Å²) in [4.78, 5) is 12.2. The second-order valence-corrected chi connectivity index (χ2v) is 7.74. The number of alkyl halides is 3. The number of carbonyl (C=O) groups is 1. The van der Waals surface area contributed by atoms with Crippen LogP contribution in [0.4, 0.5) is 17.6 Å². The minimum atomic E-state index is -5.09. The lowest BCUT2D eigenvalue weighted by Crippen LogP contribution is -2.18. The number of allylic oxidation sites excluding steroid dienone is 1. The molecule has 0 aliphatic heterocycles. The summed E-state index contributed by atoms with van der Waals surface area (Å²) in [6.07, 6.45) is -3.56. The molecule has 0 heterocycles. The molecular formula is C16H13Cl3F4O3. The van der Waals surface area contributed by atoms with Gasteiger partial charge in [-0.15, -0.1) is 13.2 Å². The number of rotatable bonds is 5. The van der Waals surface area contributed by atoms with Crippen LogP contribution in [0.2, 0.25) is 5.02 Å². The summed E-state index contributed by atoms with van der Waals surface area (Å²) in [5, 5.41) is -0.584. The van der Waals surface area contributed by atoms with Gasteiger partial charge in [-0.05, 0) is 35.1 Å². The molecule has 3 nitrogen and oxygen atoms in total. The lowest BCUT2D eigenvalue weighted by atomic mass is 10.1. The zero-order chi connectivity index (χ0) is 19.9. The van der Waals surface area contributed by atoms with E-state index in [4.69, 9.17) is 39.5 Å². The Kier molecular flexibility index (Phi) is 6.05. The summed E-state index contributed by atoms with van der Waals surface area (Å²) in [6, 6.07) is 1.82. The minimum Gasteiger partial charge on any atom is -0.461 e. The summed E-state index contributed by atoms with van der Waals surface area (Å²) < 4.78 is 59.2. The van der Waals surface area contributed by atoms with Crippen molar-refractivity contribution in [2.45, 2.75) is 26.8 Å². The van der Waals surface area contributed by atoms with Crippen LogP contribution in [0.1, 0.15) is 19.4 Å². The first-order chi connectivity index (χ1) is 11.8. The Bertz CT molecular complexity index is 743. The first-order valence-corrected chi connectivity index (χ1v) is 8.39. The van der Waals surface area contributed by atoms with Crippen molar-refractivity contribution < 1.29 is 31.8 Å². The third kappa shape index (κ3) is 4.96. The number of esters is 1. The molecule has 0 bridgehead atoms. The maximum atomic E-state index is 13.6. The van der Waals surface area contributed by atoms with Gasteiger partial charge in [0.15, 0.2) is 11.6 Å². The first kappa shape index (κ1) is 21.1. The van der Waals surface area contributed by atoms with Gasteiger partial charge in [0.25, 0.3) is 0 Å². The van der Waals surface area contributed by atoms with Gasteiger partial charge in [-0.3, -0.25) is 4.79 Å². The van der Waals surface area contributed by atoms with E-state index >= 15 is 0 Å². The molecule has 144 valence electrons. The van der Waals surface area contributed by atoms with Crippen LogP contribution in [-0.2, 0) is 16.1 Å². The largest absolute Gasteiger partial charge is 0.573 e. The smallest absolute Gasteiger partial charge is 0.461 e. The number of hydrogen-bond donors (Lipinski definition) is 0. The van der Waals surface area contributed by atoms with Crippen LogP contribution < -0.4 is 4.74 Å². The second-order valence-electron chi connectivity index (χ2n) is 6.33. The van der Waals surface area contributed by atoms with Gasteiger partial charge in [0.05, 0.1) is 10.9 Å². The highest BCUT2D eigenvalue weighted by molar-refractivity contribution is 6.55. The molecule has 1 aliphatic carbocycles. The molecule has 0 N–H and O–H groups in total. The molecule has 0 saturated heterocycles. The Morgan fingerprint density at radius 1 is 1.31 bits per heavy atom. The molecule has 2 atom stereocenters. The van der Waals surface area contributed by atoms with Crippen LogP contribution in [0.25, 0.3) is 0 Å². The molecule has 0 amide bonds. The van der Waals surface area contributed by atoms with Crippen LogP contribution in [0.3, 0.4) is 0 Å². The molecule has 10 heteroatoms. The third-order valence-electron chi connectivity index (χ3n) is 4.13. The Hall–Kier alpha value is -1.18. The van der Waals surface area contributed by atoms with Gasteiger partial charge in [0, 0.05) is 0 Å². The summed E-state index contributed by atoms with van der Waals surface area (Å²) >= 11 is 16.8. The van der Waals surface area contributed by atoms with Gasteiger partial charge in [-0.25, -0.2) is 4.39 Å². The lowest BCUT2D eigenvalue weighted by molar-refractivity contribution is -0.275. The lowest BCUT2D eigenvalue weighted by Gasteiger charge is -2.12. The van der Waals surface area contributed by atoms with Gasteiger partial charge in [-0.2, -0.15) is 0 Å². The zero-order valence-corrected chi connectivity index (χ0v) is 15.7. The van der Waals surface area contributed by atoms with E-state index in [9.17, 15) is 22.4 Å². The van der Waals surface area contributed by atoms with Crippen LogP contribution in [0.15, 0.2) is 22.7 Å². The Morgan fingerprint density at radius 2 is 1.92 bits per heavy atom. The molecule has 1 aromatic rings. The quantitative estimate of drug-likeness (QED) is 0.419. The third-order valence-corrected chi connectivity index (χ3v) is 4.66. The highest BCUT2D eigenvalue weighted by atomic mass is 35.5. The Labute approximate surface area is 161 Å². The Balaban J connectivity index is 2.08. The van der Waals surface area contributed by atoms with Gasteiger partial charge in [-0.1, -0.05) is 48.7 Å². The van der Waals surface area contributed by atoms with Crippen LogP contribution in [-0.4, -0.2) is 12.3 Å². The molecular weight excluding hydrogens is 423 g/mol. The number of hydrogen-bond acceptors (Lipinski definition) is 3. The molecule has 1 aliphatic rings. The van der Waals surface area contributed by atoms with E-state index in [1.807, 2.05) is 13.8 Å². The fourth-order valence-electron chi connectivity index (χ4n) is 2.72. The maximum Gasteiger partial charge on any atom is 0.573 e. The summed E-state index contributed by atoms with van der Waals surface area (Å²) in [7, 11) is 0. The van der Waals surface area contributed by atoms with E-state index in [-0.39, 0.29) is 16.0 Å². The average molecular weight is 436 g/mol. The first-order valence-electron chi connectivity index (χ1n) is 7.26. The molecule has 2 unspecified atom stereocenters. The van der Waals surface area contributed by atoms with E-state index < -0.39 is 46.9 Å². The highest BCUT2D eigenvalue weighted by Gasteiger charge is 2.61. The van der Waals surface area contributed by atoms with Gasteiger partial charge < -0.3 is 9.47 Å². The fourth-order valence-corrected chi connectivity index (χ4v) is 3.22. The van der Waals surface area contributed by atoms with E-state index in [0.29, 0.717) is 0 Å². The highest BCUT2D eigenvalue weighted by Crippen LogP contribution is 2.60. The molecule has 0 spiro atoms. The molecule has 2 rings (SSSR count). The number of halogens is 7. The zero-order valence-electron chi connectivity index (χ0n) is 13.5. The van der Waals surface area contributed by atoms with Crippen LogP contribution in [0, 0.1) is 23.1 Å². The van der Waals surface area contributed by atoms with Gasteiger partial charge in [0.2, 0.25) is 0 Å². The van der Waals surface area contributed by atoms with E-state index in [1.165, 1.54) is 6.08 Å². The topological polar surface area (TPSA) is 35.5 Å². The maximum absolute atomic E-state index is 13.6. The Morgan fingerprint density at radius 3 is 2.46 bits per heavy atom. The predicted octanol–water partition coefficient (Wildman–Crippen LogP) is 6.01. The normalized spacial score (nSPS) is 21.1. The van der Waals surface area contributed by atoms with E-state index in [2.05, 4.69) is 4.74 Å². The van der Waals surface area contributed by atoms with Crippen molar-refractivity contribution in [3.8, 4) is 5.75 Å². The average Bonchev–Trinajstić information content (AvgIpc) is 3.00. The van der Waals surface area contributed by atoms with E-state index in [1.54, 1.807) is 0 Å².